The third kappa shape index (κ3) is 4.35. The summed E-state index contributed by atoms with van der Waals surface area (Å²) in [5, 5.41) is 1.59. The molecule has 0 unspecified atom stereocenters. The summed E-state index contributed by atoms with van der Waals surface area (Å²) >= 11 is 0. The van der Waals surface area contributed by atoms with Crippen LogP contribution in [-0.2, 0) is 24.5 Å². The number of aryl methyl sites for hydroxylation is 1. The third-order valence-corrected chi connectivity index (χ3v) is 8.20. The predicted octanol–water partition coefficient (Wildman–Crippen LogP) is 4.81. The number of carbonyl (C=O) groups excluding carboxylic acids is 2. The quantitative estimate of drug-likeness (QED) is 0.256. The Hall–Kier alpha value is -4.47. The fourth-order valence-corrected chi connectivity index (χ4v) is 6.04. The lowest BCUT2D eigenvalue weighted by atomic mass is 9.90. The minimum Gasteiger partial charge on any atom is -0.379 e. The zero-order chi connectivity index (χ0) is 27.1. The van der Waals surface area contributed by atoms with Gasteiger partial charge in [0.05, 0.1) is 17.4 Å². The van der Waals surface area contributed by atoms with Crippen molar-refractivity contribution in [1.29, 1.82) is 0 Å². The predicted molar refractivity (Wildman–Crippen MR) is 144 cm³/mol. The van der Waals surface area contributed by atoms with Gasteiger partial charge >= 0.3 is 10.1 Å². The molecule has 0 saturated carbocycles. The molecule has 4 aromatic carbocycles. The summed E-state index contributed by atoms with van der Waals surface area (Å²) in [6, 6.07) is 30.2. The van der Waals surface area contributed by atoms with Crippen molar-refractivity contribution in [2.45, 2.75) is 24.0 Å². The minimum absolute atomic E-state index is 0.0442. The first kappa shape index (κ1) is 24.8. The normalized spacial score (nSPS) is 20.8. The van der Waals surface area contributed by atoms with Gasteiger partial charge in [-0.3, -0.25) is 14.4 Å². The minimum atomic E-state index is -4.01. The molecule has 3 atom stereocenters. The van der Waals surface area contributed by atoms with Crippen LogP contribution in [0.1, 0.15) is 17.2 Å². The number of fused-ring (bicyclic) bond motifs is 1. The van der Waals surface area contributed by atoms with E-state index in [0.717, 1.165) is 5.56 Å². The molecule has 2 heterocycles. The highest BCUT2D eigenvalue weighted by Crippen LogP contribution is 2.48. The van der Waals surface area contributed by atoms with E-state index < -0.39 is 34.1 Å². The van der Waals surface area contributed by atoms with Crippen LogP contribution in [0.3, 0.4) is 0 Å². The Balaban J connectivity index is 1.35. The third-order valence-electron chi connectivity index (χ3n) is 6.94. The molecule has 4 aromatic rings. The number of nitrogens with zero attached hydrogens (tertiary/aromatic N) is 2. The van der Waals surface area contributed by atoms with Crippen molar-refractivity contribution in [2.24, 2.45) is 5.92 Å². The van der Waals surface area contributed by atoms with Gasteiger partial charge in [0.25, 0.3) is 5.91 Å². The molecule has 0 aliphatic carbocycles. The number of anilines is 2. The molecule has 0 radical (unpaired) electrons. The average Bonchev–Trinajstić information content (AvgIpc) is 3.46. The SMILES string of the molecule is Cc1ccccc1N1C(=O)[C@@H]2[C@@H](ON(c3ccccc3)[C@H]2c2ccc(OS(=O)(=O)c3ccccc3)cc2)C1=O. The van der Waals surface area contributed by atoms with E-state index >= 15 is 0 Å². The van der Waals surface area contributed by atoms with Crippen LogP contribution in [0.15, 0.2) is 114 Å². The number of hydrogen-bond acceptors (Lipinski definition) is 7. The molecule has 2 saturated heterocycles. The molecule has 0 N–H and O–H groups in total. The Kier molecular flexibility index (Phi) is 6.17. The number of imide groups is 1. The lowest BCUT2D eigenvalue weighted by Gasteiger charge is -2.29. The van der Waals surface area contributed by atoms with E-state index in [0.29, 0.717) is 16.9 Å². The Morgan fingerprint density at radius 3 is 2.03 bits per heavy atom. The summed E-state index contributed by atoms with van der Waals surface area (Å²) in [6.07, 6.45) is -1.00. The molecule has 8 nitrogen and oxygen atoms in total. The maximum absolute atomic E-state index is 13.8. The highest BCUT2D eigenvalue weighted by atomic mass is 32.2. The summed E-state index contributed by atoms with van der Waals surface area (Å²) in [7, 11) is -4.01. The van der Waals surface area contributed by atoms with E-state index in [9.17, 15) is 18.0 Å². The fraction of sp³-hybridized carbons (Fsp3) is 0.133. The molecule has 2 aliphatic heterocycles. The van der Waals surface area contributed by atoms with Crippen molar-refractivity contribution in [3.05, 3.63) is 120 Å². The Bertz CT molecular complexity index is 1640. The van der Waals surface area contributed by atoms with Crippen molar-refractivity contribution in [3.8, 4) is 5.75 Å². The molecule has 0 bridgehead atoms. The second-order valence-corrected chi connectivity index (χ2v) is 10.9. The van der Waals surface area contributed by atoms with Crippen molar-refractivity contribution < 1.29 is 27.0 Å². The van der Waals surface area contributed by atoms with Gasteiger partial charge in [0.2, 0.25) is 5.91 Å². The fourth-order valence-electron chi connectivity index (χ4n) is 5.09. The van der Waals surface area contributed by atoms with E-state index in [2.05, 4.69) is 0 Å². The highest BCUT2D eigenvalue weighted by Gasteiger charge is 2.60. The van der Waals surface area contributed by atoms with Crippen molar-refractivity contribution >= 4 is 33.3 Å². The van der Waals surface area contributed by atoms with E-state index in [-0.39, 0.29) is 16.6 Å². The Morgan fingerprint density at radius 1 is 0.744 bits per heavy atom. The van der Waals surface area contributed by atoms with Crippen molar-refractivity contribution in [1.82, 2.24) is 0 Å². The number of hydrogen-bond donors (Lipinski definition) is 0. The van der Waals surface area contributed by atoms with Crippen molar-refractivity contribution in [3.63, 3.8) is 0 Å². The topological polar surface area (TPSA) is 93.2 Å². The zero-order valence-corrected chi connectivity index (χ0v) is 21.7. The van der Waals surface area contributed by atoms with Gasteiger partial charge < -0.3 is 4.18 Å². The van der Waals surface area contributed by atoms with Crippen LogP contribution in [0.5, 0.6) is 5.75 Å². The van der Waals surface area contributed by atoms with Crippen molar-refractivity contribution in [2.75, 3.05) is 9.96 Å². The summed E-state index contributed by atoms with van der Waals surface area (Å²) in [4.78, 5) is 34.8. The van der Waals surface area contributed by atoms with E-state index in [1.807, 2.05) is 49.4 Å². The van der Waals surface area contributed by atoms with Gasteiger partial charge in [-0.15, -0.1) is 0 Å². The number of amides is 2. The lowest BCUT2D eigenvalue weighted by molar-refractivity contribution is -0.126. The standard InChI is InChI=1S/C30H24N2O6S/c1-20-10-8-9-15-25(20)31-29(33)26-27(32(37-28(26)30(31)34)22-11-4-2-5-12-22)21-16-18-23(19-17-21)38-39(35,36)24-13-6-3-7-14-24/h2-19,26-28H,1H3/t26-,27-,28+/m0/s1. The molecule has 0 aromatic heterocycles. The number of benzene rings is 4. The van der Waals surface area contributed by atoms with Crippen LogP contribution in [0.25, 0.3) is 0 Å². The van der Waals surface area contributed by atoms with E-state index in [1.165, 1.54) is 29.2 Å². The van der Waals surface area contributed by atoms with E-state index in [1.54, 1.807) is 47.5 Å². The van der Waals surface area contributed by atoms with Crippen LogP contribution >= 0.6 is 0 Å². The van der Waals surface area contributed by atoms with Gasteiger partial charge in [0.1, 0.15) is 16.6 Å². The maximum atomic E-state index is 13.8. The van der Waals surface area contributed by atoms with Gasteiger partial charge in [0.15, 0.2) is 6.10 Å². The van der Waals surface area contributed by atoms with Crippen LogP contribution in [0, 0.1) is 12.8 Å². The first-order valence-electron chi connectivity index (χ1n) is 12.4. The van der Waals surface area contributed by atoms with Crippen LogP contribution in [0.2, 0.25) is 0 Å². The monoisotopic (exact) mass is 540 g/mol. The van der Waals surface area contributed by atoms with Gasteiger partial charge in [-0.25, -0.2) is 9.96 Å². The van der Waals surface area contributed by atoms with Gasteiger partial charge in [-0.05, 0) is 60.5 Å². The van der Waals surface area contributed by atoms with Gasteiger partial charge in [0, 0.05) is 0 Å². The molecule has 9 heteroatoms. The summed E-state index contributed by atoms with van der Waals surface area (Å²) in [6.45, 7) is 1.85. The summed E-state index contributed by atoms with van der Waals surface area (Å²) in [5.41, 5.74) is 2.69. The molecule has 2 fully saturated rings. The molecular weight excluding hydrogens is 516 g/mol. The first-order chi connectivity index (χ1) is 18.8. The maximum Gasteiger partial charge on any atom is 0.339 e. The van der Waals surface area contributed by atoms with Gasteiger partial charge in [-0.2, -0.15) is 8.42 Å². The van der Waals surface area contributed by atoms with Crippen LogP contribution < -0.4 is 14.1 Å². The average molecular weight is 541 g/mol. The highest BCUT2D eigenvalue weighted by molar-refractivity contribution is 7.87. The lowest BCUT2D eigenvalue weighted by Crippen LogP contribution is -2.37. The largest absolute Gasteiger partial charge is 0.379 e. The molecule has 2 aliphatic rings. The number of rotatable bonds is 6. The number of para-hydroxylation sites is 2. The summed E-state index contributed by atoms with van der Waals surface area (Å²) < 4.78 is 30.7. The van der Waals surface area contributed by atoms with Gasteiger partial charge in [-0.1, -0.05) is 66.7 Å². The molecule has 39 heavy (non-hydrogen) atoms. The van der Waals surface area contributed by atoms with Crippen LogP contribution in [0.4, 0.5) is 11.4 Å². The Labute approximate surface area is 226 Å². The Morgan fingerprint density at radius 2 is 1.36 bits per heavy atom. The molecule has 6 rings (SSSR count). The first-order valence-corrected chi connectivity index (χ1v) is 13.8. The molecule has 0 spiro atoms. The zero-order valence-electron chi connectivity index (χ0n) is 20.9. The number of hydroxylamine groups is 1. The molecular formula is C30H24N2O6S. The smallest absolute Gasteiger partial charge is 0.339 e. The van der Waals surface area contributed by atoms with E-state index in [4.69, 9.17) is 9.02 Å². The second-order valence-electron chi connectivity index (χ2n) is 9.38. The summed E-state index contributed by atoms with van der Waals surface area (Å²) in [5.74, 6) is -1.46. The molecule has 196 valence electrons. The second kappa shape index (κ2) is 9.68. The van der Waals surface area contributed by atoms with Crippen LogP contribution in [-0.4, -0.2) is 26.3 Å². The number of carbonyl (C=O) groups is 2. The molecule has 2 amide bonds.